The summed E-state index contributed by atoms with van der Waals surface area (Å²) < 4.78 is 6.38. The quantitative estimate of drug-likeness (QED) is 0.477. The van der Waals surface area contributed by atoms with Gasteiger partial charge in [-0.3, -0.25) is 9.69 Å². The first-order valence-electron chi connectivity index (χ1n) is 7.53. The summed E-state index contributed by atoms with van der Waals surface area (Å²) in [5.74, 6) is -0.989. The van der Waals surface area contributed by atoms with E-state index >= 15 is 0 Å². The second kappa shape index (κ2) is 8.43. The Hall–Kier alpha value is -1.87. The maximum atomic E-state index is 12.9. The molecule has 2 aromatic rings. The van der Waals surface area contributed by atoms with Gasteiger partial charge < -0.3 is 9.84 Å². The Labute approximate surface area is 178 Å². The minimum atomic E-state index is -1.08. The van der Waals surface area contributed by atoms with Crippen molar-refractivity contribution in [3.63, 3.8) is 0 Å². The number of hydrogen-bond acceptors (Lipinski definition) is 5. The summed E-state index contributed by atoms with van der Waals surface area (Å²) in [5, 5.41) is 9.26. The van der Waals surface area contributed by atoms with Crippen molar-refractivity contribution in [1.82, 2.24) is 0 Å². The highest BCUT2D eigenvalue weighted by molar-refractivity contribution is 9.10. The van der Waals surface area contributed by atoms with Crippen LogP contribution < -0.4 is 9.64 Å². The van der Waals surface area contributed by atoms with Gasteiger partial charge >= 0.3 is 5.97 Å². The van der Waals surface area contributed by atoms with Crippen molar-refractivity contribution in [1.29, 1.82) is 0 Å². The van der Waals surface area contributed by atoms with Gasteiger partial charge in [-0.05, 0) is 46.3 Å². The topological polar surface area (TPSA) is 66.8 Å². The van der Waals surface area contributed by atoms with Crippen LogP contribution in [0.4, 0.5) is 5.69 Å². The van der Waals surface area contributed by atoms with Crippen LogP contribution in [0.5, 0.6) is 5.75 Å². The molecule has 138 valence electrons. The zero-order chi connectivity index (χ0) is 19.6. The summed E-state index contributed by atoms with van der Waals surface area (Å²) in [6.07, 6.45) is 1.64. The van der Waals surface area contributed by atoms with Crippen LogP contribution in [0.25, 0.3) is 6.08 Å². The lowest BCUT2D eigenvalue weighted by Gasteiger charge is -2.15. The van der Waals surface area contributed by atoms with Gasteiger partial charge in [0.15, 0.2) is 10.9 Å². The number of carbonyl (C=O) groups excluding carboxylic acids is 1. The molecule has 0 aliphatic carbocycles. The molecule has 5 nitrogen and oxygen atoms in total. The van der Waals surface area contributed by atoms with Crippen molar-refractivity contribution < 1.29 is 19.4 Å². The van der Waals surface area contributed by atoms with Crippen LogP contribution in [0, 0.1) is 0 Å². The molecule has 0 aromatic heterocycles. The normalized spacial score (nSPS) is 15.5. The van der Waals surface area contributed by atoms with Gasteiger partial charge in [0, 0.05) is 10.0 Å². The van der Waals surface area contributed by atoms with Crippen LogP contribution in [0.1, 0.15) is 5.56 Å². The van der Waals surface area contributed by atoms with E-state index in [1.54, 1.807) is 48.5 Å². The molecule has 1 aliphatic heterocycles. The molecule has 2 aromatic carbocycles. The Morgan fingerprint density at radius 2 is 2.07 bits per heavy atom. The number of thiocarbonyl (C=S) groups is 1. The van der Waals surface area contributed by atoms with E-state index in [2.05, 4.69) is 15.9 Å². The Balaban J connectivity index is 1.91. The lowest BCUT2D eigenvalue weighted by atomic mass is 10.2. The molecule has 3 rings (SSSR count). The number of thioether (sulfide) groups is 1. The van der Waals surface area contributed by atoms with Crippen LogP contribution in [0.15, 0.2) is 51.8 Å². The summed E-state index contributed by atoms with van der Waals surface area (Å²) in [6.45, 7) is -0.469. The van der Waals surface area contributed by atoms with E-state index in [0.29, 0.717) is 31.2 Å². The third-order valence-electron chi connectivity index (χ3n) is 3.51. The van der Waals surface area contributed by atoms with E-state index in [4.69, 9.17) is 33.7 Å². The minimum Gasteiger partial charge on any atom is -0.481 e. The predicted molar refractivity (Wildman–Crippen MR) is 114 cm³/mol. The standard InChI is InChI=1S/C18H11BrClNO4S2/c19-12-6-5-11(8-13(12)20)21-17(24)15(27-18(21)26)7-10-3-1-2-4-14(10)25-9-16(22)23/h1-8H,9H2,(H,22,23)/b15-7+. The highest BCUT2D eigenvalue weighted by Gasteiger charge is 2.33. The fourth-order valence-electron chi connectivity index (χ4n) is 2.33. The molecule has 0 unspecified atom stereocenters. The average molecular weight is 485 g/mol. The number of benzene rings is 2. The maximum Gasteiger partial charge on any atom is 0.341 e. The third-order valence-corrected chi connectivity index (χ3v) is 6.05. The van der Waals surface area contributed by atoms with Gasteiger partial charge in [0.05, 0.1) is 15.6 Å². The largest absolute Gasteiger partial charge is 0.481 e. The Kier molecular flexibility index (Phi) is 6.21. The second-order valence-corrected chi connectivity index (χ2v) is 8.27. The maximum absolute atomic E-state index is 12.9. The zero-order valence-electron chi connectivity index (χ0n) is 13.5. The number of nitrogens with zero attached hydrogens (tertiary/aromatic N) is 1. The van der Waals surface area contributed by atoms with E-state index in [-0.39, 0.29) is 5.91 Å². The van der Waals surface area contributed by atoms with E-state index in [1.165, 1.54) is 4.90 Å². The Morgan fingerprint density at radius 3 is 2.78 bits per heavy atom. The van der Waals surface area contributed by atoms with Crippen molar-refractivity contribution >= 4 is 79.5 Å². The molecule has 0 bridgehead atoms. The van der Waals surface area contributed by atoms with Crippen molar-refractivity contribution in [2.75, 3.05) is 11.5 Å². The number of aliphatic carboxylic acids is 1. The van der Waals surface area contributed by atoms with E-state index in [9.17, 15) is 9.59 Å². The average Bonchev–Trinajstić information content (AvgIpc) is 2.90. The molecule has 9 heteroatoms. The Bertz CT molecular complexity index is 980. The Morgan fingerprint density at radius 1 is 1.33 bits per heavy atom. The number of carboxylic acid groups (broad SMARTS) is 1. The first-order valence-corrected chi connectivity index (χ1v) is 9.93. The third kappa shape index (κ3) is 4.52. The fourth-order valence-corrected chi connectivity index (χ4v) is 4.04. The molecular formula is C18H11BrClNO4S2. The molecule has 1 saturated heterocycles. The van der Waals surface area contributed by atoms with Gasteiger partial charge in [-0.1, -0.05) is 53.8 Å². The molecule has 1 amide bonds. The monoisotopic (exact) mass is 483 g/mol. The number of para-hydroxylation sites is 1. The summed E-state index contributed by atoms with van der Waals surface area (Å²) in [5.41, 5.74) is 1.16. The van der Waals surface area contributed by atoms with Gasteiger partial charge in [-0.2, -0.15) is 0 Å². The molecule has 0 spiro atoms. The van der Waals surface area contributed by atoms with Crippen LogP contribution in [0.3, 0.4) is 0 Å². The first kappa shape index (κ1) is 19.9. The number of carbonyl (C=O) groups is 2. The molecule has 1 heterocycles. The highest BCUT2D eigenvalue weighted by atomic mass is 79.9. The minimum absolute atomic E-state index is 0.281. The van der Waals surface area contributed by atoms with E-state index in [1.807, 2.05) is 0 Å². The van der Waals surface area contributed by atoms with Gasteiger partial charge in [0.2, 0.25) is 0 Å². The summed E-state index contributed by atoms with van der Waals surface area (Å²) in [4.78, 5) is 25.4. The molecule has 0 saturated carbocycles. The van der Waals surface area contributed by atoms with Crippen LogP contribution in [-0.4, -0.2) is 27.9 Å². The summed E-state index contributed by atoms with van der Waals surface area (Å²) in [6, 6.07) is 12.0. The van der Waals surface area contributed by atoms with Crippen LogP contribution >= 0.6 is 51.5 Å². The van der Waals surface area contributed by atoms with Crippen LogP contribution in [-0.2, 0) is 9.59 Å². The summed E-state index contributed by atoms with van der Waals surface area (Å²) >= 11 is 15.9. The van der Waals surface area contributed by atoms with Gasteiger partial charge in [-0.15, -0.1) is 0 Å². The highest BCUT2D eigenvalue weighted by Crippen LogP contribution is 2.38. The van der Waals surface area contributed by atoms with Gasteiger partial charge in [0.25, 0.3) is 5.91 Å². The van der Waals surface area contributed by atoms with E-state index in [0.717, 1.165) is 16.2 Å². The lowest BCUT2D eigenvalue weighted by Crippen LogP contribution is -2.27. The van der Waals surface area contributed by atoms with Crippen LogP contribution in [0.2, 0.25) is 5.02 Å². The second-order valence-electron chi connectivity index (χ2n) is 5.34. The van der Waals surface area contributed by atoms with Crippen molar-refractivity contribution in [3.8, 4) is 5.75 Å². The zero-order valence-corrected chi connectivity index (χ0v) is 17.5. The number of anilines is 1. The molecule has 1 aliphatic rings. The molecule has 0 radical (unpaired) electrons. The van der Waals surface area contributed by atoms with Gasteiger partial charge in [0.1, 0.15) is 5.75 Å². The molecule has 0 atom stereocenters. The SMILES string of the molecule is O=C(O)COc1ccccc1/C=C1/SC(=S)N(c2ccc(Br)c(Cl)c2)C1=O. The number of halogens is 2. The number of amides is 1. The van der Waals surface area contributed by atoms with Crippen molar-refractivity contribution in [3.05, 3.63) is 62.4 Å². The molecule has 1 N–H and O–H groups in total. The number of ether oxygens (including phenoxy) is 1. The number of carboxylic acids is 1. The number of hydrogen-bond donors (Lipinski definition) is 1. The first-order chi connectivity index (χ1) is 12.9. The number of rotatable bonds is 5. The predicted octanol–water partition coefficient (Wildman–Crippen LogP) is 4.97. The van der Waals surface area contributed by atoms with Gasteiger partial charge in [-0.25, -0.2) is 4.79 Å². The molecular weight excluding hydrogens is 474 g/mol. The summed E-state index contributed by atoms with van der Waals surface area (Å²) in [7, 11) is 0. The van der Waals surface area contributed by atoms with Crippen molar-refractivity contribution in [2.45, 2.75) is 0 Å². The molecule has 27 heavy (non-hydrogen) atoms. The smallest absolute Gasteiger partial charge is 0.341 e. The lowest BCUT2D eigenvalue weighted by molar-refractivity contribution is -0.139. The van der Waals surface area contributed by atoms with E-state index < -0.39 is 12.6 Å². The fraction of sp³-hybridized carbons (Fsp3) is 0.0556. The van der Waals surface area contributed by atoms with Crippen molar-refractivity contribution in [2.24, 2.45) is 0 Å². The molecule has 1 fully saturated rings.